The molecule has 0 heterocycles. The molecule has 27 heavy (non-hydrogen) atoms. The summed E-state index contributed by atoms with van der Waals surface area (Å²) in [5.74, 6) is -10.8. The number of ether oxygens (including phenoxy) is 2. The maximum atomic E-state index is 13.6. The van der Waals surface area contributed by atoms with E-state index in [4.69, 9.17) is 9.47 Å². The smallest absolute Gasteiger partial charge is 0.282 e. The van der Waals surface area contributed by atoms with Gasteiger partial charge in [0.1, 0.15) is 5.69 Å². The Bertz CT molecular complexity index is 907. The number of hydrogen-bond acceptors (Lipinski definition) is 6. The van der Waals surface area contributed by atoms with Crippen molar-refractivity contribution in [3.8, 4) is 11.5 Å². The molecule has 0 radical (unpaired) electrons. The molecule has 144 valence electrons. The SMILES string of the molecule is COc1cc(/C=N\Nc2c(F)c(F)c(F)c(F)c2F)c([N+](=O)[O-])cc1OC. The standard InChI is InChI=1S/C15H10F5N3O4/c1-26-8-3-6(7(23(24)25)4-9(8)27-2)5-21-22-15-13(19)11(17)10(16)12(18)14(15)20/h3-5,22H,1-2H3/b21-5-. The van der Waals surface area contributed by atoms with E-state index in [-0.39, 0.29) is 17.1 Å². The minimum Gasteiger partial charge on any atom is -0.493 e. The van der Waals surface area contributed by atoms with Crippen molar-refractivity contribution in [1.29, 1.82) is 0 Å². The monoisotopic (exact) mass is 391 g/mol. The lowest BCUT2D eigenvalue weighted by atomic mass is 10.1. The number of anilines is 1. The summed E-state index contributed by atoms with van der Waals surface area (Å²) in [7, 11) is 2.51. The summed E-state index contributed by atoms with van der Waals surface area (Å²) in [6.45, 7) is 0. The summed E-state index contributed by atoms with van der Waals surface area (Å²) >= 11 is 0. The molecule has 2 aromatic carbocycles. The molecule has 0 saturated carbocycles. The number of nitro groups is 1. The van der Waals surface area contributed by atoms with Crippen molar-refractivity contribution in [3.63, 3.8) is 0 Å². The van der Waals surface area contributed by atoms with Gasteiger partial charge in [-0.25, -0.2) is 22.0 Å². The maximum absolute atomic E-state index is 13.6. The molecule has 2 aromatic rings. The van der Waals surface area contributed by atoms with E-state index in [1.54, 1.807) is 5.43 Å². The van der Waals surface area contributed by atoms with Crippen LogP contribution in [0.1, 0.15) is 5.56 Å². The molecule has 1 N–H and O–H groups in total. The summed E-state index contributed by atoms with van der Waals surface area (Å²) in [6, 6.07) is 2.15. The second-order valence-electron chi connectivity index (χ2n) is 4.84. The number of methoxy groups -OCH3 is 2. The first-order valence-electron chi connectivity index (χ1n) is 6.93. The Balaban J connectivity index is 2.44. The average molecular weight is 391 g/mol. The molecular formula is C15H10F5N3O4. The van der Waals surface area contributed by atoms with E-state index in [2.05, 4.69) is 5.10 Å². The van der Waals surface area contributed by atoms with E-state index in [1.807, 2.05) is 0 Å². The van der Waals surface area contributed by atoms with Gasteiger partial charge >= 0.3 is 0 Å². The number of hydrazone groups is 1. The molecule has 0 atom stereocenters. The lowest BCUT2D eigenvalue weighted by Crippen LogP contribution is -2.07. The minimum atomic E-state index is -2.32. The highest BCUT2D eigenvalue weighted by molar-refractivity contribution is 5.87. The average Bonchev–Trinajstić information content (AvgIpc) is 2.66. The molecular weight excluding hydrogens is 381 g/mol. The van der Waals surface area contributed by atoms with Gasteiger partial charge in [0.15, 0.2) is 34.8 Å². The molecule has 7 nitrogen and oxygen atoms in total. The molecule has 0 aromatic heterocycles. The van der Waals surface area contributed by atoms with Crippen LogP contribution in [0.2, 0.25) is 0 Å². The van der Waals surface area contributed by atoms with Crippen molar-refractivity contribution in [2.45, 2.75) is 0 Å². The summed E-state index contributed by atoms with van der Waals surface area (Å²) < 4.78 is 76.2. The summed E-state index contributed by atoms with van der Waals surface area (Å²) in [6.07, 6.45) is 0.748. The molecule has 0 unspecified atom stereocenters. The predicted molar refractivity (Wildman–Crippen MR) is 83.6 cm³/mol. The van der Waals surface area contributed by atoms with Crippen LogP contribution in [-0.4, -0.2) is 25.4 Å². The van der Waals surface area contributed by atoms with Crippen molar-refractivity contribution in [1.82, 2.24) is 0 Å². The van der Waals surface area contributed by atoms with E-state index in [0.717, 1.165) is 18.3 Å². The second kappa shape index (κ2) is 7.85. The zero-order chi connectivity index (χ0) is 20.3. The topological polar surface area (TPSA) is 86.0 Å². The van der Waals surface area contributed by atoms with Crippen molar-refractivity contribution in [3.05, 3.63) is 56.9 Å². The quantitative estimate of drug-likeness (QED) is 0.202. The highest BCUT2D eigenvalue weighted by Gasteiger charge is 2.25. The van der Waals surface area contributed by atoms with Crippen LogP contribution in [0.15, 0.2) is 17.2 Å². The van der Waals surface area contributed by atoms with E-state index in [1.165, 1.54) is 14.2 Å². The molecule has 0 amide bonds. The fourth-order valence-electron chi connectivity index (χ4n) is 2.01. The molecule has 2 rings (SSSR count). The molecule has 0 aliphatic heterocycles. The van der Waals surface area contributed by atoms with E-state index >= 15 is 0 Å². The Labute approximate surface area is 148 Å². The Hall–Kier alpha value is -3.44. The zero-order valence-electron chi connectivity index (χ0n) is 13.6. The van der Waals surface area contributed by atoms with Crippen molar-refractivity contribution < 1.29 is 36.3 Å². The van der Waals surface area contributed by atoms with Gasteiger partial charge < -0.3 is 9.47 Å². The highest BCUT2D eigenvalue weighted by atomic mass is 19.2. The van der Waals surface area contributed by atoms with Crippen molar-refractivity contribution in [2.75, 3.05) is 19.6 Å². The number of halogens is 5. The van der Waals surface area contributed by atoms with Gasteiger partial charge in [0, 0.05) is 0 Å². The number of rotatable bonds is 6. The fraction of sp³-hybridized carbons (Fsp3) is 0.133. The van der Waals surface area contributed by atoms with Crippen LogP contribution in [0.25, 0.3) is 0 Å². The third-order valence-corrected chi connectivity index (χ3v) is 3.32. The van der Waals surface area contributed by atoms with Gasteiger partial charge in [0.05, 0.1) is 37.0 Å². The van der Waals surface area contributed by atoms with Crippen molar-refractivity contribution in [2.24, 2.45) is 5.10 Å². The van der Waals surface area contributed by atoms with Gasteiger partial charge in [-0.1, -0.05) is 0 Å². The van der Waals surface area contributed by atoms with Crippen molar-refractivity contribution >= 4 is 17.6 Å². The number of nitrogens with zero attached hydrogens (tertiary/aromatic N) is 2. The first-order chi connectivity index (χ1) is 12.7. The molecule has 12 heteroatoms. The van der Waals surface area contributed by atoms with Crippen LogP contribution < -0.4 is 14.9 Å². The zero-order valence-corrected chi connectivity index (χ0v) is 13.6. The first kappa shape index (κ1) is 19.9. The van der Waals surface area contributed by atoms with Crippen LogP contribution in [-0.2, 0) is 0 Å². The Morgan fingerprint density at radius 1 is 0.963 bits per heavy atom. The second-order valence-corrected chi connectivity index (χ2v) is 4.84. The number of nitrogens with one attached hydrogen (secondary N) is 1. The van der Waals surface area contributed by atoms with Crippen LogP contribution in [0.4, 0.5) is 33.3 Å². The van der Waals surface area contributed by atoms with Crippen LogP contribution >= 0.6 is 0 Å². The summed E-state index contributed by atoms with van der Waals surface area (Å²) in [4.78, 5) is 10.3. The van der Waals surface area contributed by atoms with Gasteiger partial charge in [0.25, 0.3) is 5.69 Å². The van der Waals surface area contributed by atoms with E-state index < -0.39 is 45.4 Å². The summed E-state index contributed by atoms with van der Waals surface area (Å²) in [5.41, 5.74) is -0.453. The first-order valence-corrected chi connectivity index (χ1v) is 6.93. The Kier molecular flexibility index (Phi) is 5.78. The fourth-order valence-corrected chi connectivity index (χ4v) is 2.01. The lowest BCUT2D eigenvalue weighted by Gasteiger charge is -2.09. The van der Waals surface area contributed by atoms with Gasteiger partial charge in [-0.2, -0.15) is 5.10 Å². The number of nitro benzene ring substituents is 1. The third kappa shape index (κ3) is 3.73. The van der Waals surface area contributed by atoms with Gasteiger partial charge in [-0.05, 0) is 6.07 Å². The van der Waals surface area contributed by atoms with Crippen LogP contribution in [0, 0.1) is 39.2 Å². The maximum Gasteiger partial charge on any atom is 0.282 e. The minimum absolute atomic E-state index is 0.0362. The Morgan fingerprint density at radius 3 is 1.93 bits per heavy atom. The molecule has 0 fully saturated rings. The van der Waals surface area contributed by atoms with Crippen LogP contribution in [0.5, 0.6) is 11.5 Å². The van der Waals surface area contributed by atoms with Gasteiger partial charge in [-0.15, -0.1) is 0 Å². The lowest BCUT2D eigenvalue weighted by molar-refractivity contribution is -0.385. The third-order valence-electron chi connectivity index (χ3n) is 3.32. The number of hydrogen-bond donors (Lipinski definition) is 1. The number of benzene rings is 2. The summed E-state index contributed by atoms with van der Waals surface area (Å²) in [5, 5.41) is 14.4. The van der Waals surface area contributed by atoms with Gasteiger partial charge in [0.2, 0.25) is 5.82 Å². The molecule has 0 spiro atoms. The highest BCUT2D eigenvalue weighted by Crippen LogP contribution is 2.34. The molecule has 0 saturated heterocycles. The Morgan fingerprint density at radius 2 is 1.44 bits per heavy atom. The molecule has 0 bridgehead atoms. The normalized spacial score (nSPS) is 10.9. The van der Waals surface area contributed by atoms with E-state index in [9.17, 15) is 32.1 Å². The van der Waals surface area contributed by atoms with Crippen LogP contribution in [0.3, 0.4) is 0 Å². The van der Waals surface area contributed by atoms with Gasteiger partial charge in [-0.3, -0.25) is 15.5 Å². The van der Waals surface area contributed by atoms with E-state index in [0.29, 0.717) is 0 Å². The molecule has 0 aliphatic rings. The largest absolute Gasteiger partial charge is 0.493 e. The molecule has 0 aliphatic carbocycles. The predicted octanol–water partition coefficient (Wildman–Crippen LogP) is 3.75.